The quantitative estimate of drug-likeness (QED) is 0.743. The summed E-state index contributed by atoms with van der Waals surface area (Å²) < 4.78 is 0. The topological polar surface area (TPSA) is 15.3 Å². The van der Waals surface area contributed by atoms with E-state index >= 15 is 0 Å². The van der Waals surface area contributed by atoms with E-state index in [-0.39, 0.29) is 0 Å². The Morgan fingerprint density at radius 2 is 1.93 bits per heavy atom. The number of likely N-dealkylation sites (tertiary alicyclic amines) is 1. The van der Waals surface area contributed by atoms with Gasteiger partial charge in [0.1, 0.15) is 0 Å². The Morgan fingerprint density at radius 1 is 1.14 bits per heavy atom. The molecular formula is C12H24N2. The smallest absolute Gasteiger partial charge is 0.0197 e. The molecule has 1 N–H and O–H groups in total. The second-order valence-electron chi connectivity index (χ2n) is 5.24. The van der Waals surface area contributed by atoms with Crippen LogP contribution in [0, 0.1) is 0 Å². The fourth-order valence-corrected chi connectivity index (χ4v) is 2.70. The van der Waals surface area contributed by atoms with Crippen LogP contribution < -0.4 is 5.32 Å². The molecule has 1 unspecified atom stereocenters. The number of hydrogen-bond acceptors (Lipinski definition) is 2. The summed E-state index contributed by atoms with van der Waals surface area (Å²) in [7, 11) is 0. The summed E-state index contributed by atoms with van der Waals surface area (Å²) in [5.41, 5.74) is 0. The van der Waals surface area contributed by atoms with Crippen molar-refractivity contribution in [3.8, 4) is 0 Å². The fraction of sp³-hybridized carbons (Fsp3) is 1.00. The SMILES string of the molecule is CC(C)NC1CCCN(C2CCC2)C1. The van der Waals surface area contributed by atoms with Gasteiger partial charge in [-0.2, -0.15) is 0 Å². The highest BCUT2D eigenvalue weighted by molar-refractivity contribution is 4.87. The van der Waals surface area contributed by atoms with E-state index in [2.05, 4.69) is 24.1 Å². The van der Waals surface area contributed by atoms with Crippen LogP contribution >= 0.6 is 0 Å². The van der Waals surface area contributed by atoms with Crippen molar-refractivity contribution < 1.29 is 0 Å². The van der Waals surface area contributed by atoms with Gasteiger partial charge >= 0.3 is 0 Å². The number of nitrogens with zero attached hydrogens (tertiary/aromatic N) is 1. The summed E-state index contributed by atoms with van der Waals surface area (Å²) >= 11 is 0. The molecule has 0 spiro atoms. The molecule has 0 bridgehead atoms. The van der Waals surface area contributed by atoms with Gasteiger partial charge in [-0.3, -0.25) is 4.90 Å². The predicted molar refractivity (Wildman–Crippen MR) is 60.5 cm³/mol. The normalized spacial score (nSPS) is 30.6. The zero-order chi connectivity index (χ0) is 9.97. The first kappa shape index (κ1) is 10.4. The molecule has 2 rings (SSSR count). The van der Waals surface area contributed by atoms with Crippen molar-refractivity contribution in [3.05, 3.63) is 0 Å². The van der Waals surface area contributed by atoms with E-state index in [1.807, 2.05) is 0 Å². The molecule has 0 amide bonds. The highest BCUT2D eigenvalue weighted by Crippen LogP contribution is 2.27. The second kappa shape index (κ2) is 4.63. The Kier molecular flexibility index (Phi) is 3.45. The monoisotopic (exact) mass is 196 g/mol. The van der Waals surface area contributed by atoms with Gasteiger partial charge in [0.15, 0.2) is 0 Å². The Labute approximate surface area is 88.1 Å². The molecule has 2 aliphatic rings. The van der Waals surface area contributed by atoms with Crippen molar-refractivity contribution in [2.24, 2.45) is 0 Å². The molecule has 82 valence electrons. The van der Waals surface area contributed by atoms with Crippen LogP contribution in [0.2, 0.25) is 0 Å². The zero-order valence-corrected chi connectivity index (χ0v) is 9.63. The van der Waals surface area contributed by atoms with Crippen LogP contribution in [0.4, 0.5) is 0 Å². The van der Waals surface area contributed by atoms with E-state index in [1.165, 1.54) is 45.2 Å². The van der Waals surface area contributed by atoms with Gasteiger partial charge in [0.2, 0.25) is 0 Å². The van der Waals surface area contributed by atoms with Gasteiger partial charge < -0.3 is 5.32 Å². The van der Waals surface area contributed by atoms with Crippen molar-refractivity contribution in [1.29, 1.82) is 0 Å². The molecule has 1 aliphatic heterocycles. The highest BCUT2D eigenvalue weighted by atomic mass is 15.2. The first-order valence-corrected chi connectivity index (χ1v) is 6.26. The highest BCUT2D eigenvalue weighted by Gasteiger charge is 2.29. The van der Waals surface area contributed by atoms with E-state index in [9.17, 15) is 0 Å². The standard InChI is InChI=1S/C12H24N2/c1-10(2)13-11-5-4-8-14(9-11)12-6-3-7-12/h10-13H,3-9H2,1-2H3. The van der Waals surface area contributed by atoms with Gasteiger partial charge in [-0.05, 0) is 32.2 Å². The first-order chi connectivity index (χ1) is 6.75. The molecule has 2 nitrogen and oxygen atoms in total. The summed E-state index contributed by atoms with van der Waals surface area (Å²) in [6.07, 6.45) is 7.13. The molecule has 1 atom stereocenters. The third kappa shape index (κ3) is 2.48. The van der Waals surface area contributed by atoms with Crippen LogP contribution in [0.3, 0.4) is 0 Å². The fourth-order valence-electron chi connectivity index (χ4n) is 2.70. The molecule has 2 fully saturated rings. The van der Waals surface area contributed by atoms with E-state index < -0.39 is 0 Å². The van der Waals surface area contributed by atoms with Crippen molar-refractivity contribution in [2.45, 2.75) is 64.1 Å². The molecule has 1 aliphatic carbocycles. The Hall–Kier alpha value is -0.0800. The van der Waals surface area contributed by atoms with Crippen molar-refractivity contribution in [1.82, 2.24) is 10.2 Å². The zero-order valence-electron chi connectivity index (χ0n) is 9.63. The second-order valence-corrected chi connectivity index (χ2v) is 5.24. The number of piperidine rings is 1. The van der Waals surface area contributed by atoms with E-state index in [1.54, 1.807) is 0 Å². The maximum absolute atomic E-state index is 3.67. The Bertz CT molecular complexity index is 175. The van der Waals surface area contributed by atoms with Gasteiger partial charge in [-0.25, -0.2) is 0 Å². The molecule has 2 heteroatoms. The molecule has 0 aromatic rings. The Balaban J connectivity index is 1.77. The molecule has 14 heavy (non-hydrogen) atoms. The van der Waals surface area contributed by atoms with Crippen molar-refractivity contribution in [3.63, 3.8) is 0 Å². The third-order valence-electron chi connectivity index (χ3n) is 3.61. The summed E-state index contributed by atoms with van der Waals surface area (Å²) in [6.45, 7) is 7.15. The van der Waals surface area contributed by atoms with E-state index in [0.717, 1.165) is 12.1 Å². The molecule has 1 saturated heterocycles. The van der Waals surface area contributed by atoms with Crippen LogP contribution in [-0.4, -0.2) is 36.1 Å². The minimum absolute atomic E-state index is 0.640. The van der Waals surface area contributed by atoms with Crippen molar-refractivity contribution >= 4 is 0 Å². The summed E-state index contributed by atoms with van der Waals surface area (Å²) in [4.78, 5) is 2.72. The van der Waals surface area contributed by atoms with E-state index in [4.69, 9.17) is 0 Å². The summed E-state index contributed by atoms with van der Waals surface area (Å²) in [5, 5.41) is 3.67. The number of nitrogens with one attached hydrogen (secondary N) is 1. The van der Waals surface area contributed by atoms with Gasteiger partial charge in [-0.1, -0.05) is 20.3 Å². The number of rotatable bonds is 3. The first-order valence-electron chi connectivity index (χ1n) is 6.26. The summed E-state index contributed by atoms with van der Waals surface area (Å²) in [5.74, 6) is 0. The lowest BCUT2D eigenvalue weighted by atomic mass is 9.89. The molecule has 1 heterocycles. The maximum Gasteiger partial charge on any atom is 0.0197 e. The predicted octanol–water partition coefficient (Wildman–Crippen LogP) is 2.00. The minimum Gasteiger partial charge on any atom is -0.311 e. The minimum atomic E-state index is 0.640. The van der Waals surface area contributed by atoms with Crippen LogP contribution in [0.25, 0.3) is 0 Å². The average molecular weight is 196 g/mol. The molecular weight excluding hydrogens is 172 g/mol. The maximum atomic E-state index is 3.67. The van der Waals surface area contributed by atoms with Crippen LogP contribution in [0.1, 0.15) is 46.0 Å². The van der Waals surface area contributed by atoms with Gasteiger partial charge in [0, 0.05) is 24.7 Å². The third-order valence-corrected chi connectivity index (χ3v) is 3.61. The van der Waals surface area contributed by atoms with Gasteiger partial charge in [-0.15, -0.1) is 0 Å². The van der Waals surface area contributed by atoms with Gasteiger partial charge in [0.05, 0.1) is 0 Å². The Morgan fingerprint density at radius 3 is 2.50 bits per heavy atom. The molecule has 0 aromatic carbocycles. The molecule has 1 saturated carbocycles. The number of hydrogen-bond donors (Lipinski definition) is 1. The van der Waals surface area contributed by atoms with Crippen LogP contribution in [0.15, 0.2) is 0 Å². The van der Waals surface area contributed by atoms with Gasteiger partial charge in [0.25, 0.3) is 0 Å². The van der Waals surface area contributed by atoms with Crippen LogP contribution in [-0.2, 0) is 0 Å². The molecule has 0 aromatic heterocycles. The summed E-state index contributed by atoms with van der Waals surface area (Å²) in [6, 6.07) is 2.33. The lowest BCUT2D eigenvalue weighted by molar-refractivity contribution is 0.0856. The van der Waals surface area contributed by atoms with Crippen LogP contribution in [0.5, 0.6) is 0 Å². The van der Waals surface area contributed by atoms with Crippen molar-refractivity contribution in [2.75, 3.05) is 13.1 Å². The lowest BCUT2D eigenvalue weighted by Crippen LogP contribution is -2.52. The largest absolute Gasteiger partial charge is 0.311 e. The van der Waals surface area contributed by atoms with E-state index in [0.29, 0.717) is 6.04 Å². The molecule has 0 radical (unpaired) electrons. The lowest BCUT2D eigenvalue weighted by Gasteiger charge is -2.43. The average Bonchev–Trinajstić information content (AvgIpc) is 1.99.